The first-order valence-corrected chi connectivity index (χ1v) is 7.86. The third kappa shape index (κ3) is 3.19. The molecule has 0 saturated carbocycles. The predicted octanol–water partition coefficient (Wildman–Crippen LogP) is 2.26. The normalized spacial score (nSPS) is 21.7. The third-order valence-corrected chi connectivity index (χ3v) is 3.88. The molecule has 5 nitrogen and oxygen atoms in total. The number of hydrogen-bond donors (Lipinski definition) is 1. The third-order valence-electron chi connectivity index (χ3n) is 3.88. The minimum atomic E-state index is 0.00157. The molecule has 2 atom stereocenters. The zero-order valence-corrected chi connectivity index (χ0v) is 12.7. The van der Waals surface area contributed by atoms with E-state index in [0.717, 1.165) is 23.0 Å². The lowest BCUT2D eigenvalue weighted by Gasteiger charge is -2.29. The molecule has 0 amide bonds. The van der Waals surface area contributed by atoms with Gasteiger partial charge in [0, 0.05) is 13.1 Å². The summed E-state index contributed by atoms with van der Waals surface area (Å²) in [6.45, 7) is 2.51. The van der Waals surface area contributed by atoms with Crippen molar-refractivity contribution in [2.24, 2.45) is 0 Å². The lowest BCUT2D eigenvalue weighted by molar-refractivity contribution is 0.0727. The molecule has 0 saturated heterocycles. The van der Waals surface area contributed by atoms with Crippen molar-refractivity contribution in [2.45, 2.75) is 12.2 Å². The highest BCUT2D eigenvalue weighted by atomic mass is 16.6. The fourth-order valence-electron chi connectivity index (χ4n) is 2.73. The van der Waals surface area contributed by atoms with Gasteiger partial charge in [0.25, 0.3) is 0 Å². The average Bonchev–Trinajstić information content (AvgIpc) is 2.61. The number of rotatable bonds is 4. The average molecular weight is 313 g/mol. The van der Waals surface area contributed by atoms with Crippen LogP contribution in [-0.4, -0.2) is 38.5 Å². The Kier molecular flexibility index (Phi) is 3.94. The van der Waals surface area contributed by atoms with Gasteiger partial charge in [0.05, 0.1) is 0 Å². The van der Waals surface area contributed by atoms with Crippen LogP contribution in [0.25, 0.3) is 0 Å². The van der Waals surface area contributed by atoms with Gasteiger partial charge in [0.1, 0.15) is 25.4 Å². The monoisotopic (exact) mass is 313 g/mol. The van der Waals surface area contributed by atoms with Crippen molar-refractivity contribution < 1.29 is 18.9 Å². The van der Waals surface area contributed by atoms with E-state index in [4.69, 9.17) is 18.9 Å². The van der Waals surface area contributed by atoms with Crippen LogP contribution in [0.2, 0.25) is 0 Å². The summed E-state index contributed by atoms with van der Waals surface area (Å²) in [4.78, 5) is 0. The molecule has 0 aliphatic carbocycles. The van der Waals surface area contributed by atoms with Crippen LogP contribution in [0.5, 0.6) is 23.0 Å². The highest BCUT2D eigenvalue weighted by Crippen LogP contribution is 2.31. The SMILES string of the molecule is c1ccc2c(c1)OC[C@H](CNC[C@H]1COc3ccccc3O1)O2. The van der Waals surface area contributed by atoms with Gasteiger partial charge in [-0.1, -0.05) is 24.3 Å². The molecule has 120 valence electrons. The van der Waals surface area contributed by atoms with Crippen LogP contribution < -0.4 is 24.3 Å². The van der Waals surface area contributed by atoms with E-state index in [9.17, 15) is 0 Å². The summed E-state index contributed by atoms with van der Waals surface area (Å²) >= 11 is 0. The zero-order chi connectivity index (χ0) is 15.5. The molecule has 0 unspecified atom stereocenters. The number of ether oxygens (including phenoxy) is 4. The van der Waals surface area contributed by atoms with Gasteiger partial charge in [-0.2, -0.15) is 0 Å². The first-order chi connectivity index (χ1) is 11.4. The number of para-hydroxylation sites is 4. The van der Waals surface area contributed by atoms with Crippen LogP contribution in [0.1, 0.15) is 0 Å². The highest BCUT2D eigenvalue weighted by molar-refractivity contribution is 5.41. The molecule has 0 bridgehead atoms. The number of benzene rings is 2. The summed E-state index contributed by atoms with van der Waals surface area (Å²) in [6, 6.07) is 15.5. The van der Waals surface area contributed by atoms with Crippen LogP contribution in [0, 0.1) is 0 Å². The molecule has 1 N–H and O–H groups in total. The van der Waals surface area contributed by atoms with Gasteiger partial charge in [0.15, 0.2) is 23.0 Å². The Labute approximate surface area is 135 Å². The molecule has 0 fully saturated rings. The molecule has 0 radical (unpaired) electrons. The molecule has 2 heterocycles. The predicted molar refractivity (Wildman–Crippen MR) is 85.6 cm³/mol. The molecular weight excluding hydrogens is 294 g/mol. The van der Waals surface area contributed by atoms with E-state index in [1.165, 1.54) is 0 Å². The second-order valence-electron chi connectivity index (χ2n) is 5.65. The zero-order valence-electron chi connectivity index (χ0n) is 12.7. The smallest absolute Gasteiger partial charge is 0.161 e. The fourth-order valence-corrected chi connectivity index (χ4v) is 2.73. The molecule has 2 aliphatic heterocycles. The summed E-state index contributed by atoms with van der Waals surface area (Å²) in [5.41, 5.74) is 0. The van der Waals surface area contributed by atoms with Gasteiger partial charge in [-0.15, -0.1) is 0 Å². The van der Waals surface area contributed by atoms with Crippen molar-refractivity contribution in [3.63, 3.8) is 0 Å². The maximum atomic E-state index is 5.92. The van der Waals surface area contributed by atoms with Gasteiger partial charge in [-0.3, -0.25) is 0 Å². The first kappa shape index (κ1) is 14.2. The second kappa shape index (κ2) is 6.38. The largest absolute Gasteiger partial charge is 0.486 e. The molecule has 2 aliphatic rings. The van der Waals surface area contributed by atoms with Crippen LogP contribution in [0.3, 0.4) is 0 Å². The van der Waals surface area contributed by atoms with Gasteiger partial charge < -0.3 is 24.3 Å². The lowest BCUT2D eigenvalue weighted by atomic mass is 10.2. The number of fused-ring (bicyclic) bond motifs is 2. The van der Waals surface area contributed by atoms with E-state index in [2.05, 4.69) is 5.32 Å². The van der Waals surface area contributed by atoms with E-state index in [-0.39, 0.29) is 12.2 Å². The summed E-state index contributed by atoms with van der Waals surface area (Å²) in [7, 11) is 0. The number of hydrogen-bond acceptors (Lipinski definition) is 5. The van der Waals surface area contributed by atoms with Crippen molar-refractivity contribution >= 4 is 0 Å². The summed E-state index contributed by atoms with van der Waals surface area (Å²) in [6.07, 6.45) is 0.00314. The van der Waals surface area contributed by atoms with Gasteiger partial charge in [0.2, 0.25) is 0 Å². The Bertz CT molecular complexity index is 618. The van der Waals surface area contributed by atoms with Crippen molar-refractivity contribution in [1.29, 1.82) is 0 Å². The molecule has 4 rings (SSSR count). The van der Waals surface area contributed by atoms with Gasteiger partial charge in [-0.05, 0) is 24.3 Å². The Balaban J connectivity index is 1.26. The Hall–Kier alpha value is -2.40. The minimum absolute atomic E-state index is 0.00157. The van der Waals surface area contributed by atoms with Crippen molar-refractivity contribution in [1.82, 2.24) is 5.32 Å². The summed E-state index contributed by atoms with van der Waals surface area (Å²) in [5.74, 6) is 3.22. The van der Waals surface area contributed by atoms with E-state index in [1.54, 1.807) is 0 Å². The molecule has 0 spiro atoms. The Morgan fingerprint density at radius 1 is 0.696 bits per heavy atom. The van der Waals surface area contributed by atoms with E-state index in [0.29, 0.717) is 26.3 Å². The van der Waals surface area contributed by atoms with Crippen molar-refractivity contribution in [3.05, 3.63) is 48.5 Å². The standard InChI is InChI=1S/C18H19NO4/c1-3-7-17-15(5-1)20-11-13(22-17)9-19-10-14-12-21-16-6-2-4-8-18(16)23-14/h1-8,13-14,19H,9-12H2/t13-,14-/m0/s1. The quantitative estimate of drug-likeness (QED) is 0.938. The second-order valence-corrected chi connectivity index (χ2v) is 5.65. The lowest BCUT2D eigenvalue weighted by Crippen LogP contribution is -2.44. The summed E-state index contributed by atoms with van der Waals surface area (Å²) < 4.78 is 23.2. The Morgan fingerprint density at radius 3 is 1.61 bits per heavy atom. The van der Waals surface area contributed by atoms with Crippen LogP contribution in [-0.2, 0) is 0 Å². The van der Waals surface area contributed by atoms with E-state index < -0.39 is 0 Å². The molecule has 5 heteroatoms. The van der Waals surface area contributed by atoms with Crippen LogP contribution >= 0.6 is 0 Å². The molecule has 0 aromatic heterocycles. The topological polar surface area (TPSA) is 49.0 Å². The highest BCUT2D eigenvalue weighted by Gasteiger charge is 2.23. The van der Waals surface area contributed by atoms with Gasteiger partial charge in [-0.25, -0.2) is 0 Å². The van der Waals surface area contributed by atoms with E-state index >= 15 is 0 Å². The van der Waals surface area contributed by atoms with Crippen molar-refractivity contribution in [3.8, 4) is 23.0 Å². The van der Waals surface area contributed by atoms with Crippen LogP contribution in [0.15, 0.2) is 48.5 Å². The maximum Gasteiger partial charge on any atom is 0.161 e. The van der Waals surface area contributed by atoms with E-state index in [1.807, 2.05) is 48.5 Å². The molecule has 2 aromatic carbocycles. The summed E-state index contributed by atoms with van der Waals surface area (Å²) in [5, 5.41) is 3.38. The first-order valence-electron chi connectivity index (χ1n) is 7.86. The Morgan fingerprint density at radius 2 is 1.13 bits per heavy atom. The number of nitrogens with one attached hydrogen (secondary N) is 1. The minimum Gasteiger partial charge on any atom is -0.486 e. The molecule has 2 aromatic rings. The molecular formula is C18H19NO4. The molecule has 23 heavy (non-hydrogen) atoms. The van der Waals surface area contributed by atoms with Crippen molar-refractivity contribution in [2.75, 3.05) is 26.3 Å². The fraction of sp³-hybridized carbons (Fsp3) is 0.333. The maximum absolute atomic E-state index is 5.92. The van der Waals surface area contributed by atoms with Crippen LogP contribution in [0.4, 0.5) is 0 Å². The van der Waals surface area contributed by atoms with Gasteiger partial charge >= 0.3 is 0 Å².